The van der Waals surface area contributed by atoms with Gasteiger partial charge in [0.2, 0.25) is 0 Å². The second kappa shape index (κ2) is 7.61. The van der Waals surface area contributed by atoms with Crippen molar-refractivity contribution in [1.29, 1.82) is 0 Å². The van der Waals surface area contributed by atoms with Gasteiger partial charge in [0, 0.05) is 23.6 Å². The topological polar surface area (TPSA) is 29.5 Å². The molecule has 1 aromatic carbocycles. The Morgan fingerprint density at radius 3 is 2.67 bits per heavy atom. The summed E-state index contributed by atoms with van der Waals surface area (Å²) in [4.78, 5) is 0. The molecule has 0 aliphatic carbocycles. The van der Waals surface area contributed by atoms with E-state index in [1.165, 1.54) is 18.2 Å². The Labute approximate surface area is 108 Å². The Morgan fingerprint density at radius 2 is 2.06 bits per heavy atom. The second-order valence-electron chi connectivity index (χ2n) is 3.81. The van der Waals surface area contributed by atoms with Crippen LogP contribution in [0.2, 0.25) is 5.02 Å². The molecule has 1 atom stereocenters. The summed E-state index contributed by atoms with van der Waals surface area (Å²) in [5.74, 6) is -0.491. The SMILES string of the molecule is OC(CCOCC(F)F)Cc1c(F)cccc1Cl. The van der Waals surface area contributed by atoms with E-state index < -0.39 is 25.0 Å². The number of alkyl halides is 2. The van der Waals surface area contributed by atoms with E-state index in [9.17, 15) is 18.3 Å². The van der Waals surface area contributed by atoms with Crippen LogP contribution in [0.1, 0.15) is 12.0 Å². The largest absolute Gasteiger partial charge is 0.393 e. The molecule has 0 saturated heterocycles. The maximum atomic E-state index is 13.4. The average Bonchev–Trinajstić information content (AvgIpc) is 2.29. The van der Waals surface area contributed by atoms with Crippen LogP contribution >= 0.6 is 11.6 Å². The van der Waals surface area contributed by atoms with E-state index in [1.807, 2.05) is 0 Å². The summed E-state index contributed by atoms with van der Waals surface area (Å²) in [7, 11) is 0. The minimum Gasteiger partial charge on any atom is -0.393 e. The number of benzene rings is 1. The number of hydrogen-bond acceptors (Lipinski definition) is 2. The molecule has 1 rings (SSSR count). The van der Waals surface area contributed by atoms with Crippen molar-refractivity contribution in [3.63, 3.8) is 0 Å². The number of aliphatic hydroxyl groups excluding tert-OH is 1. The zero-order valence-electron chi connectivity index (χ0n) is 9.58. The molecular formula is C12H14ClF3O2. The Kier molecular flexibility index (Phi) is 6.46. The molecular weight excluding hydrogens is 269 g/mol. The third kappa shape index (κ3) is 5.25. The summed E-state index contributed by atoms with van der Waals surface area (Å²) in [6, 6.07) is 4.25. The molecule has 0 saturated carbocycles. The predicted molar refractivity (Wildman–Crippen MR) is 62.6 cm³/mol. The first-order valence-electron chi connectivity index (χ1n) is 5.47. The minimum atomic E-state index is -2.52. The first kappa shape index (κ1) is 15.3. The predicted octanol–water partition coefficient (Wildman–Crippen LogP) is 3.05. The van der Waals surface area contributed by atoms with Crippen LogP contribution in [0.4, 0.5) is 13.2 Å². The lowest BCUT2D eigenvalue weighted by molar-refractivity contribution is 0.00506. The van der Waals surface area contributed by atoms with Crippen LogP contribution in [0.3, 0.4) is 0 Å². The molecule has 0 heterocycles. The highest BCUT2D eigenvalue weighted by Crippen LogP contribution is 2.21. The molecule has 0 fully saturated rings. The molecule has 0 amide bonds. The van der Waals surface area contributed by atoms with Gasteiger partial charge in [-0.2, -0.15) is 0 Å². The lowest BCUT2D eigenvalue weighted by Gasteiger charge is -2.12. The maximum absolute atomic E-state index is 13.4. The zero-order valence-corrected chi connectivity index (χ0v) is 10.3. The van der Waals surface area contributed by atoms with E-state index in [-0.39, 0.29) is 30.0 Å². The first-order chi connectivity index (χ1) is 8.50. The van der Waals surface area contributed by atoms with Crippen molar-refractivity contribution < 1.29 is 23.0 Å². The van der Waals surface area contributed by atoms with Crippen LogP contribution < -0.4 is 0 Å². The lowest BCUT2D eigenvalue weighted by Crippen LogP contribution is -2.16. The number of rotatable bonds is 7. The molecule has 0 aliphatic heterocycles. The van der Waals surface area contributed by atoms with Gasteiger partial charge >= 0.3 is 0 Å². The molecule has 1 N–H and O–H groups in total. The van der Waals surface area contributed by atoms with E-state index in [4.69, 9.17) is 11.6 Å². The van der Waals surface area contributed by atoms with Gasteiger partial charge in [-0.15, -0.1) is 0 Å². The quantitative estimate of drug-likeness (QED) is 0.779. The van der Waals surface area contributed by atoms with Crippen molar-refractivity contribution in [3.05, 3.63) is 34.6 Å². The standard InChI is InChI=1S/C12H14ClF3O2/c13-10-2-1-3-11(14)9(10)6-8(17)4-5-18-7-12(15)16/h1-3,8,12,17H,4-7H2. The van der Waals surface area contributed by atoms with Crippen LogP contribution in [0.15, 0.2) is 18.2 Å². The third-order valence-corrected chi connectivity index (χ3v) is 2.69. The van der Waals surface area contributed by atoms with Crippen molar-refractivity contribution in [1.82, 2.24) is 0 Å². The van der Waals surface area contributed by atoms with Gasteiger partial charge in [-0.1, -0.05) is 17.7 Å². The van der Waals surface area contributed by atoms with Crippen LogP contribution in [0.5, 0.6) is 0 Å². The van der Waals surface area contributed by atoms with E-state index in [0.29, 0.717) is 0 Å². The molecule has 1 unspecified atom stereocenters. The highest BCUT2D eigenvalue weighted by Gasteiger charge is 2.13. The number of hydrogen-bond donors (Lipinski definition) is 1. The molecule has 102 valence electrons. The highest BCUT2D eigenvalue weighted by molar-refractivity contribution is 6.31. The summed E-state index contributed by atoms with van der Waals surface area (Å²) < 4.78 is 41.5. The van der Waals surface area contributed by atoms with Gasteiger partial charge in [-0.25, -0.2) is 13.2 Å². The van der Waals surface area contributed by atoms with Crippen molar-refractivity contribution in [2.75, 3.05) is 13.2 Å². The lowest BCUT2D eigenvalue weighted by atomic mass is 10.1. The third-order valence-electron chi connectivity index (χ3n) is 2.34. The first-order valence-corrected chi connectivity index (χ1v) is 5.85. The van der Waals surface area contributed by atoms with Crippen molar-refractivity contribution in [3.8, 4) is 0 Å². The average molecular weight is 283 g/mol. The normalized spacial score (nSPS) is 13.0. The summed E-state index contributed by atoms with van der Waals surface area (Å²) >= 11 is 5.79. The molecule has 0 radical (unpaired) electrons. The Bertz CT molecular complexity index is 354. The number of aliphatic hydroxyl groups is 1. The zero-order chi connectivity index (χ0) is 13.5. The van der Waals surface area contributed by atoms with Crippen molar-refractivity contribution in [2.24, 2.45) is 0 Å². The molecule has 2 nitrogen and oxygen atoms in total. The molecule has 6 heteroatoms. The highest BCUT2D eigenvalue weighted by atomic mass is 35.5. The van der Waals surface area contributed by atoms with E-state index in [1.54, 1.807) is 0 Å². The number of halogens is 4. The van der Waals surface area contributed by atoms with Gasteiger partial charge in [0.1, 0.15) is 12.4 Å². The Hall–Kier alpha value is -0.780. The Balaban J connectivity index is 2.38. The molecule has 0 aliphatic rings. The van der Waals surface area contributed by atoms with Crippen LogP contribution in [-0.2, 0) is 11.2 Å². The summed E-state index contributed by atoms with van der Waals surface area (Å²) in [6.07, 6.45) is -3.22. The van der Waals surface area contributed by atoms with E-state index in [0.717, 1.165) is 0 Å². The van der Waals surface area contributed by atoms with Crippen LogP contribution in [-0.4, -0.2) is 30.8 Å². The molecule has 1 aromatic rings. The van der Waals surface area contributed by atoms with Gasteiger partial charge in [0.25, 0.3) is 6.43 Å². The molecule has 18 heavy (non-hydrogen) atoms. The maximum Gasteiger partial charge on any atom is 0.261 e. The Morgan fingerprint density at radius 1 is 1.33 bits per heavy atom. The van der Waals surface area contributed by atoms with Crippen LogP contribution in [0.25, 0.3) is 0 Å². The van der Waals surface area contributed by atoms with Gasteiger partial charge in [-0.3, -0.25) is 0 Å². The number of ether oxygens (including phenoxy) is 1. The summed E-state index contributed by atoms with van der Waals surface area (Å²) in [6.45, 7) is -0.662. The molecule has 0 bridgehead atoms. The van der Waals surface area contributed by atoms with Crippen molar-refractivity contribution >= 4 is 11.6 Å². The van der Waals surface area contributed by atoms with Gasteiger partial charge in [0.15, 0.2) is 0 Å². The van der Waals surface area contributed by atoms with E-state index >= 15 is 0 Å². The second-order valence-corrected chi connectivity index (χ2v) is 4.22. The van der Waals surface area contributed by atoms with Gasteiger partial charge in [0.05, 0.1) is 6.10 Å². The van der Waals surface area contributed by atoms with Crippen molar-refractivity contribution in [2.45, 2.75) is 25.4 Å². The fourth-order valence-corrected chi connectivity index (χ4v) is 1.70. The fourth-order valence-electron chi connectivity index (χ4n) is 1.46. The molecule has 0 spiro atoms. The monoisotopic (exact) mass is 282 g/mol. The van der Waals surface area contributed by atoms with Gasteiger partial charge in [-0.05, 0) is 18.6 Å². The summed E-state index contributed by atoms with van der Waals surface area (Å²) in [5, 5.41) is 9.86. The summed E-state index contributed by atoms with van der Waals surface area (Å²) in [5.41, 5.74) is 0.223. The van der Waals surface area contributed by atoms with Gasteiger partial charge < -0.3 is 9.84 Å². The minimum absolute atomic E-state index is 0.00240. The molecule has 0 aromatic heterocycles. The van der Waals surface area contributed by atoms with E-state index in [2.05, 4.69) is 4.74 Å². The van der Waals surface area contributed by atoms with Crippen LogP contribution in [0, 0.1) is 5.82 Å². The fraction of sp³-hybridized carbons (Fsp3) is 0.500. The smallest absolute Gasteiger partial charge is 0.261 e.